The van der Waals surface area contributed by atoms with Crippen LogP contribution in [0.1, 0.15) is 114 Å². The van der Waals surface area contributed by atoms with Gasteiger partial charge in [-0.25, -0.2) is 4.39 Å². The molecule has 1 aliphatic heterocycles. The average Bonchev–Trinajstić information content (AvgIpc) is 3.19. The molecule has 0 aromatic heterocycles. The lowest BCUT2D eigenvalue weighted by molar-refractivity contribution is -0.137. The van der Waals surface area contributed by atoms with Gasteiger partial charge in [-0.3, -0.25) is 19.4 Å². The first-order valence-corrected chi connectivity index (χ1v) is 15.4. The van der Waals surface area contributed by atoms with Crippen LogP contribution in [0.15, 0.2) is 53.5 Å². The first-order valence-electron chi connectivity index (χ1n) is 15.4. The van der Waals surface area contributed by atoms with Crippen molar-refractivity contribution in [1.82, 2.24) is 10.2 Å². The number of hydrogen-bond donors (Lipinski definition) is 2. The van der Waals surface area contributed by atoms with Gasteiger partial charge in [0.2, 0.25) is 0 Å². The van der Waals surface area contributed by atoms with E-state index in [1.54, 1.807) is 24.3 Å². The molecule has 7 nitrogen and oxygen atoms in total. The second-order valence-electron chi connectivity index (χ2n) is 14.4. The molecular weight excluding hydrogens is 545 g/mol. The zero-order valence-corrected chi connectivity index (χ0v) is 26.4. The number of rotatable bonds is 9. The number of benzene rings is 2. The standard InChI is InChI=1S/C35H46FN3O4/c1-33(2,3)18-16-28(23-10-12-24(13-11-23)31(42)37-21-17-29(40)41)39-32(43)30(25-8-7-9-27(36)22-25)38-35(39)19-14-26(15-20-35)34(4,5)6/h7-13,22,26,28H,14-21H2,1-6H3,(H,37,42)(H,40,41)/t26?,28-,35?/m1/s1. The van der Waals surface area contributed by atoms with Gasteiger partial charge in [0, 0.05) is 17.7 Å². The number of aliphatic imine (C=N–C) groups is 1. The van der Waals surface area contributed by atoms with Crippen LogP contribution < -0.4 is 5.32 Å². The first-order chi connectivity index (χ1) is 20.1. The maximum Gasteiger partial charge on any atom is 0.305 e. The maximum atomic E-state index is 14.4. The summed E-state index contributed by atoms with van der Waals surface area (Å²) in [5, 5.41) is 11.5. The Balaban J connectivity index is 1.72. The number of nitrogens with zero attached hydrogens (tertiary/aromatic N) is 2. The van der Waals surface area contributed by atoms with Crippen molar-refractivity contribution in [2.45, 2.75) is 98.2 Å². The molecule has 232 valence electrons. The highest BCUT2D eigenvalue weighted by Crippen LogP contribution is 2.50. The van der Waals surface area contributed by atoms with Crippen LogP contribution in [0, 0.1) is 22.6 Å². The van der Waals surface area contributed by atoms with Crippen molar-refractivity contribution in [2.75, 3.05) is 6.54 Å². The van der Waals surface area contributed by atoms with Gasteiger partial charge in [-0.15, -0.1) is 0 Å². The molecule has 43 heavy (non-hydrogen) atoms. The molecule has 1 spiro atoms. The molecule has 2 aromatic rings. The van der Waals surface area contributed by atoms with Crippen LogP contribution in [-0.2, 0) is 9.59 Å². The van der Waals surface area contributed by atoms with Crippen molar-refractivity contribution < 1.29 is 23.9 Å². The average molecular weight is 592 g/mol. The number of halogens is 1. The van der Waals surface area contributed by atoms with Gasteiger partial charge in [0.1, 0.15) is 17.2 Å². The van der Waals surface area contributed by atoms with Crippen molar-refractivity contribution in [3.8, 4) is 0 Å². The summed E-state index contributed by atoms with van der Waals surface area (Å²) in [6, 6.07) is 13.1. The van der Waals surface area contributed by atoms with E-state index in [4.69, 9.17) is 10.1 Å². The minimum atomic E-state index is -0.974. The quantitative estimate of drug-likeness (QED) is 0.323. The second-order valence-corrected chi connectivity index (χ2v) is 14.4. The molecule has 1 atom stereocenters. The van der Waals surface area contributed by atoms with E-state index < -0.39 is 17.4 Å². The van der Waals surface area contributed by atoms with Crippen LogP contribution in [-0.4, -0.2) is 45.7 Å². The molecule has 0 bridgehead atoms. The molecule has 1 heterocycles. The summed E-state index contributed by atoms with van der Waals surface area (Å²) >= 11 is 0. The van der Waals surface area contributed by atoms with Crippen molar-refractivity contribution in [3.05, 3.63) is 71.0 Å². The molecule has 4 rings (SSSR count). The summed E-state index contributed by atoms with van der Waals surface area (Å²) < 4.78 is 14.3. The molecule has 2 aromatic carbocycles. The summed E-state index contributed by atoms with van der Waals surface area (Å²) in [6.07, 6.45) is 4.75. The molecule has 1 saturated carbocycles. The van der Waals surface area contributed by atoms with Crippen molar-refractivity contribution >= 4 is 23.5 Å². The topological polar surface area (TPSA) is 99.1 Å². The number of nitrogens with one attached hydrogen (secondary N) is 1. The normalized spacial score (nSPS) is 21.6. The molecule has 0 radical (unpaired) electrons. The third kappa shape index (κ3) is 7.70. The van der Waals surface area contributed by atoms with Crippen LogP contribution in [0.25, 0.3) is 0 Å². The predicted molar refractivity (Wildman–Crippen MR) is 166 cm³/mol. The smallest absolute Gasteiger partial charge is 0.305 e. The Morgan fingerprint density at radius 1 is 1.07 bits per heavy atom. The van der Waals surface area contributed by atoms with Gasteiger partial charge in [-0.2, -0.15) is 0 Å². The van der Waals surface area contributed by atoms with Crippen LogP contribution in [0.4, 0.5) is 4.39 Å². The Kier molecular flexibility index (Phi) is 9.48. The fraction of sp³-hybridized carbons (Fsp3) is 0.543. The molecule has 0 unspecified atom stereocenters. The van der Waals surface area contributed by atoms with Gasteiger partial charge in [-0.05, 0) is 85.1 Å². The van der Waals surface area contributed by atoms with E-state index in [-0.39, 0.29) is 41.7 Å². The van der Waals surface area contributed by atoms with Gasteiger partial charge in [0.25, 0.3) is 11.8 Å². The molecule has 2 aliphatic rings. The molecule has 1 fully saturated rings. The zero-order valence-electron chi connectivity index (χ0n) is 26.4. The third-order valence-corrected chi connectivity index (χ3v) is 8.96. The number of carbonyl (C=O) groups is 3. The van der Waals surface area contributed by atoms with Crippen LogP contribution in [0.3, 0.4) is 0 Å². The predicted octanol–water partition coefficient (Wildman–Crippen LogP) is 7.16. The van der Waals surface area contributed by atoms with E-state index in [0.29, 0.717) is 29.2 Å². The molecule has 1 aliphatic carbocycles. The lowest BCUT2D eigenvalue weighted by atomic mass is 9.69. The number of hydrogen-bond acceptors (Lipinski definition) is 4. The molecule has 2 N–H and O–H groups in total. The Morgan fingerprint density at radius 3 is 2.28 bits per heavy atom. The highest BCUT2D eigenvalue weighted by molar-refractivity contribution is 6.46. The largest absolute Gasteiger partial charge is 0.481 e. The van der Waals surface area contributed by atoms with Crippen LogP contribution in [0.2, 0.25) is 0 Å². The van der Waals surface area contributed by atoms with E-state index in [2.05, 4.69) is 46.9 Å². The third-order valence-electron chi connectivity index (χ3n) is 8.96. The Bertz CT molecular complexity index is 1360. The number of carboxylic acid groups (broad SMARTS) is 1. The highest BCUT2D eigenvalue weighted by atomic mass is 19.1. The van der Waals surface area contributed by atoms with E-state index in [1.165, 1.54) is 12.1 Å². The summed E-state index contributed by atoms with van der Waals surface area (Å²) in [5.74, 6) is -1.40. The summed E-state index contributed by atoms with van der Waals surface area (Å²) in [6.45, 7) is 13.4. The second kappa shape index (κ2) is 12.6. The fourth-order valence-corrected chi connectivity index (χ4v) is 6.42. The number of amides is 2. The van der Waals surface area contributed by atoms with Crippen LogP contribution >= 0.6 is 0 Å². The van der Waals surface area contributed by atoms with Crippen molar-refractivity contribution in [3.63, 3.8) is 0 Å². The van der Waals surface area contributed by atoms with E-state index >= 15 is 0 Å². The number of carbonyl (C=O) groups excluding carboxylic acids is 2. The number of carboxylic acids is 1. The van der Waals surface area contributed by atoms with Gasteiger partial charge in [0.15, 0.2) is 0 Å². The lowest BCUT2D eigenvalue weighted by Crippen LogP contribution is -2.51. The van der Waals surface area contributed by atoms with Gasteiger partial charge in [-0.1, -0.05) is 65.8 Å². The Morgan fingerprint density at radius 2 is 1.72 bits per heavy atom. The minimum Gasteiger partial charge on any atom is -0.481 e. The van der Waals surface area contributed by atoms with E-state index in [1.807, 2.05) is 17.0 Å². The maximum absolute atomic E-state index is 14.4. The van der Waals surface area contributed by atoms with Gasteiger partial charge < -0.3 is 15.3 Å². The highest BCUT2D eigenvalue weighted by Gasteiger charge is 2.52. The van der Waals surface area contributed by atoms with E-state index in [0.717, 1.165) is 37.7 Å². The SMILES string of the molecule is CC(C)(C)CC[C@H](c1ccc(C(=O)NCCC(=O)O)cc1)N1C(=O)C(c2cccc(F)c2)=NC12CCC(C(C)(C)C)CC2. The molecule has 2 amide bonds. The summed E-state index contributed by atoms with van der Waals surface area (Å²) in [7, 11) is 0. The number of aliphatic carboxylic acids is 1. The minimum absolute atomic E-state index is 0.0221. The fourth-order valence-electron chi connectivity index (χ4n) is 6.42. The molecular formula is C35H46FN3O4. The molecule has 8 heteroatoms. The molecule has 0 saturated heterocycles. The zero-order chi connectivity index (χ0) is 31.6. The lowest BCUT2D eigenvalue weighted by Gasteiger charge is -2.47. The van der Waals surface area contributed by atoms with Crippen LogP contribution in [0.5, 0.6) is 0 Å². The van der Waals surface area contributed by atoms with Crippen molar-refractivity contribution in [2.24, 2.45) is 21.7 Å². The van der Waals surface area contributed by atoms with Gasteiger partial charge in [0.05, 0.1) is 12.5 Å². The Hall–Kier alpha value is -3.55. The monoisotopic (exact) mass is 591 g/mol. The summed E-state index contributed by atoms with van der Waals surface area (Å²) in [4.78, 5) is 45.0. The summed E-state index contributed by atoms with van der Waals surface area (Å²) in [5.41, 5.74) is 1.58. The Labute approximate surface area is 255 Å². The van der Waals surface area contributed by atoms with Gasteiger partial charge >= 0.3 is 5.97 Å². The van der Waals surface area contributed by atoms with Crippen molar-refractivity contribution in [1.29, 1.82) is 0 Å². The first kappa shape index (κ1) is 32.4. The van der Waals surface area contributed by atoms with E-state index in [9.17, 15) is 18.8 Å².